The van der Waals surface area contributed by atoms with Crippen LogP contribution in [-0.4, -0.2) is 40.5 Å². The minimum absolute atomic E-state index is 0.0660. The number of amides is 2. The van der Waals surface area contributed by atoms with Crippen LogP contribution in [0.1, 0.15) is 57.2 Å². The van der Waals surface area contributed by atoms with Crippen LogP contribution in [0.2, 0.25) is 5.02 Å². The number of benzene rings is 3. The van der Waals surface area contributed by atoms with E-state index in [0.29, 0.717) is 29.4 Å². The molecule has 2 heterocycles. The second-order valence-electron chi connectivity index (χ2n) is 9.77. The van der Waals surface area contributed by atoms with E-state index in [9.17, 15) is 9.59 Å². The van der Waals surface area contributed by atoms with E-state index in [1.54, 1.807) is 11.8 Å². The van der Waals surface area contributed by atoms with Crippen LogP contribution in [-0.2, 0) is 24.4 Å². The van der Waals surface area contributed by atoms with Crippen LogP contribution in [0.15, 0.2) is 72.8 Å². The second-order valence-corrected chi connectivity index (χ2v) is 11.3. The Morgan fingerprint density at radius 3 is 2.16 bits per heavy atom. The number of hydrogen-bond donors (Lipinski definition) is 1. The molecule has 2 fully saturated rings. The number of likely N-dealkylation sites (tertiary alicyclic amines) is 1. The summed E-state index contributed by atoms with van der Waals surface area (Å²) in [7, 11) is 0. The third-order valence-electron chi connectivity index (χ3n) is 7.02. The van der Waals surface area contributed by atoms with Crippen LogP contribution < -0.4 is 5.32 Å². The molecule has 2 amide bonds. The van der Waals surface area contributed by atoms with Crippen molar-refractivity contribution in [2.75, 3.05) is 18.8 Å². The molecule has 0 bridgehead atoms. The summed E-state index contributed by atoms with van der Waals surface area (Å²) in [5.74, 6) is 0.475. The summed E-state index contributed by atoms with van der Waals surface area (Å²) in [6.07, 6.45) is 3.94. The van der Waals surface area contributed by atoms with E-state index in [-0.39, 0.29) is 17.2 Å². The predicted molar refractivity (Wildman–Crippen MR) is 150 cm³/mol. The lowest BCUT2D eigenvalue weighted by Crippen LogP contribution is -2.29. The summed E-state index contributed by atoms with van der Waals surface area (Å²) in [4.78, 5) is 29.7. The highest BCUT2D eigenvalue weighted by atomic mass is 35.5. The molecule has 2 aliphatic rings. The fraction of sp³-hybridized carbons (Fsp3) is 0.333. The van der Waals surface area contributed by atoms with E-state index in [1.165, 1.54) is 37.9 Å². The average molecular weight is 534 g/mol. The summed E-state index contributed by atoms with van der Waals surface area (Å²) >= 11 is 7.61. The van der Waals surface area contributed by atoms with Crippen molar-refractivity contribution < 1.29 is 9.59 Å². The number of halogens is 1. The van der Waals surface area contributed by atoms with Gasteiger partial charge in [-0.15, -0.1) is 11.8 Å². The molecule has 192 valence electrons. The maximum atomic E-state index is 12.8. The summed E-state index contributed by atoms with van der Waals surface area (Å²) < 4.78 is 0. The van der Waals surface area contributed by atoms with Gasteiger partial charge in [0.05, 0.1) is 5.75 Å². The fourth-order valence-electron chi connectivity index (χ4n) is 4.91. The lowest BCUT2D eigenvalue weighted by Gasteiger charge is -2.26. The molecular weight excluding hydrogens is 502 g/mol. The van der Waals surface area contributed by atoms with Gasteiger partial charge in [0.1, 0.15) is 5.37 Å². The zero-order valence-electron chi connectivity index (χ0n) is 20.9. The first-order valence-electron chi connectivity index (χ1n) is 12.9. The highest BCUT2D eigenvalue weighted by Crippen LogP contribution is 2.39. The van der Waals surface area contributed by atoms with E-state index in [4.69, 9.17) is 11.6 Å². The van der Waals surface area contributed by atoms with Gasteiger partial charge in [-0.3, -0.25) is 14.5 Å². The molecule has 37 heavy (non-hydrogen) atoms. The van der Waals surface area contributed by atoms with Gasteiger partial charge in [0.25, 0.3) is 5.91 Å². The fourth-order valence-corrected chi connectivity index (χ4v) is 6.22. The number of thioether (sulfide) groups is 1. The van der Waals surface area contributed by atoms with Gasteiger partial charge in [-0.1, -0.05) is 66.6 Å². The predicted octanol–water partition coefficient (Wildman–Crippen LogP) is 6.03. The van der Waals surface area contributed by atoms with Gasteiger partial charge in [0.15, 0.2) is 0 Å². The maximum absolute atomic E-state index is 12.8. The van der Waals surface area contributed by atoms with Gasteiger partial charge in [-0.2, -0.15) is 0 Å². The highest BCUT2D eigenvalue weighted by Gasteiger charge is 2.32. The number of nitrogens with one attached hydrogen (secondary N) is 1. The van der Waals surface area contributed by atoms with Crippen LogP contribution in [0.3, 0.4) is 0 Å². The van der Waals surface area contributed by atoms with E-state index in [1.807, 2.05) is 53.4 Å². The van der Waals surface area contributed by atoms with Crippen molar-refractivity contribution in [1.82, 2.24) is 15.1 Å². The lowest BCUT2D eigenvalue weighted by atomic mass is 10.1. The van der Waals surface area contributed by atoms with Crippen molar-refractivity contribution in [3.8, 4) is 0 Å². The van der Waals surface area contributed by atoms with E-state index in [2.05, 4.69) is 34.5 Å². The molecule has 0 aliphatic carbocycles. The summed E-state index contributed by atoms with van der Waals surface area (Å²) in [5, 5.41) is 3.64. The topological polar surface area (TPSA) is 52.7 Å². The summed E-state index contributed by atoms with van der Waals surface area (Å²) in [6.45, 7) is 4.40. The molecule has 5 nitrogen and oxygen atoms in total. The van der Waals surface area contributed by atoms with Crippen molar-refractivity contribution in [2.45, 2.75) is 44.3 Å². The van der Waals surface area contributed by atoms with E-state index >= 15 is 0 Å². The van der Waals surface area contributed by atoms with Crippen LogP contribution in [0.4, 0.5) is 0 Å². The molecule has 0 spiro atoms. The number of piperidine rings is 1. The zero-order chi connectivity index (χ0) is 25.6. The molecule has 0 saturated carbocycles. The van der Waals surface area contributed by atoms with Crippen molar-refractivity contribution in [3.63, 3.8) is 0 Å². The molecule has 3 aromatic carbocycles. The van der Waals surface area contributed by atoms with Gasteiger partial charge in [-0.05, 0) is 72.5 Å². The van der Waals surface area contributed by atoms with Gasteiger partial charge in [0, 0.05) is 30.2 Å². The van der Waals surface area contributed by atoms with Gasteiger partial charge >= 0.3 is 0 Å². The average Bonchev–Trinajstić information content (AvgIpc) is 3.29. The molecule has 1 N–H and O–H groups in total. The Bertz CT molecular complexity index is 1210. The molecule has 7 heteroatoms. The molecule has 2 saturated heterocycles. The van der Waals surface area contributed by atoms with Crippen molar-refractivity contribution in [1.29, 1.82) is 0 Å². The third kappa shape index (κ3) is 6.75. The zero-order valence-corrected chi connectivity index (χ0v) is 22.4. The Balaban J connectivity index is 1.15. The Hall–Kier alpha value is -2.80. The van der Waals surface area contributed by atoms with Gasteiger partial charge < -0.3 is 10.2 Å². The van der Waals surface area contributed by atoms with Crippen molar-refractivity contribution >= 4 is 35.2 Å². The first-order chi connectivity index (χ1) is 18.0. The van der Waals surface area contributed by atoms with Crippen LogP contribution in [0, 0.1) is 0 Å². The molecule has 5 rings (SSSR count). The number of carbonyl (C=O) groups is 2. The molecule has 2 aliphatic heterocycles. The number of carbonyl (C=O) groups excluding carboxylic acids is 2. The standard InChI is InChI=1S/C30H32ClN3O2S/c31-27-14-8-24(9-15-27)20-34-28(35)21-37-30(34)26-12-10-25(11-13-26)29(36)32-18-22-4-6-23(7-5-22)19-33-16-2-1-3-17-33/h4-15,30H,1-3,16-21H2,(H,32,36). The van der Waals surface area contributed by atoms with Gasteiger partial charge in [0.2, 0.25) is 5.91 Å². The van der Waals surface area contributed by atoms with Crippen molar-refractivity contribution in [3.05, 3.63) is 106 Å². The monoisotopic (exact) mass is 533 g/mol. The molecule has 1 unspecified atom stereocenters. The minimum Gasteiger partial charge on any atom is -0.348 e. The Labute approximate surface area is 228 Å². The third-order valence-corrected chi connectivity index (χ3v) is 8.53. The SMILES string of the molecule is O=C(NCc1ccc(CN2CCCCC2)cc1)c1ccc(C2SCC(=O)N2Cc2ccc(Cl)cc2)cc1. The van der Waals surface area contributed by atoms with Crippen LogP contribution in [0.25, 0.3) is 0 Å². The number of hydrogen-bond acceptors (Lipinski definition) is 4. The molecular formula is C30H32ClN3O2S. The van der Waals surface area contributed by atoms with Crippen LogP contribution >= 0.6 is 23.4 Å². The number of nitrogens with zero attached hydrogens (tertiary/aromatic N) is 2. The largest absolute Gasteiger partial charge is 0.348 e. The molecule has 1 atom stereocenters. The van der Waals surface area contributed by atoms with E-state index < -0.39 is 0 Å². The Kier molecular flexibility index (Phi) is 8.49. The van der Waals surface area contributed by atoms with E-state index in [0.717, 1.165) is 23.2 Å². The minimum atomic E-state index is -0.0999. The lowest BCUT2D eigenvalue weighted by molar-refractivity contribution is -0.128. The summed E-state index contributed by atoms with van der Waals surface area (Å²) in [6, 6.07) is 23.7. The first kappa shape index (κ1) is 25.8. The van der Waals surface area contributed by atoms with Crippen LogP contribution in [0.5, 0.6) is 0 Å². The highest BCUT2D eigenvalue weighted by molar-refractivity contribution is 8.00. The Morgan fingerprint density at radius 1 is 0.838 bits per heavy atom. The molecule has 0 aromatic heterocycles. The smallest absolute Gasteiger partial charge is 0.251 e. The second kappa shape index (κ2) is 12.2. The number of rotatable bonds is 8. The summed E-state index contributed by atoms with van der Waals surface area (Å²) in [5.41, 5.74) is 5.09. The van der Waals surface area contributed by atoms with Crippen molar-refractivity contribution in [2.24, 2.45) is 0 Å². The molecule has 3 aromatic rings. The Morgan fingerprint density at radius 2 is 1.46 bits per heavy atom. The first-order valence-corrected chi connectivity index (χ1v) is 14.3. The normalized spacial score (nSPS) is 18.2. The molecule has 0 radical (unpaired) electrons. The quantitative estimate of drug-likeness (QED) is 0.384. The maximum Gasteiger partial charge on any atom is 0.251 e. The van der Waals surface area contributed by atoms with Gasteiger partial charge in [-0.25, -0.2) is 0 Å².